The summed E-state index contributed by atoms with van der Waals surface area (Å²) in [6.07, 6.45) is 6.87. The summed E-state index contributed by atoms with van der Waals surface area (Å²) in [7, 11) is 0. The number of benzene rings is 2. The highest BCUT2D eigenvalue weighted by molar-refractivity contribution is 6.12. The first kappa shape index (κ1) is 25.1. The molecule has 5 rings (SSSR count). The lowest BCUT2D eigenvalue weighted by Crippen LogP contribution is -2.13. The van der Waals surface area contributed by atoms with Crippen molar-refractivity contribution >= 4 is 22.9 Å². The molecule has 0 bridgehead atoms. The Labute approximate surface area is 218 Å². The first-order valence-corrected chi connectivity index (χ1v) is 12.2. The minimum Gasteiger partial charge on any atom is -0.503 e. The number of rotatable bonds is 10. The Bertz CT molecular complexity index is 1470. The monoisotopic (exact) mass is 516 g/mol. The Hall–Kier alpha value is -4.60. The number of anilines is 3. The number of nitrogens with one attached hydrogen (secondary N) is 3. The topological polar surface area (TPSA) is 116 Å². The van der Waals surface area contributed by atoms with Crippen molar-refractivity contribution in [3.8, 4) is 11.5 Å². The number of ether oxygens (including phenoxy) is 1. The number of halogens is 2. The molecule has 4 N–H and O–H groups in total. The van der Waals surface area contributed by atoms with Gasteiger partial charge >= 0.3 is 0 Å². The van der Waals surface area contributed by atoms with Crippen LogP contribution in [0.2, 0.25) is 0 Å². The van der Waals surface area contributed by atoms with Gasteiger partial charge in [0.2, 0.25) is 0 Å². The average Bonchev–Trinajstić information content (AvgIpc) is 3.75. The van der Waals surface area contributed by atoms with Crippen LogP contribution in [0.4, 0.5) is 26.0 Å². The maximum atomic E-state index is 14.5. The van der Waals surface area contributed by atoms with Crippen molar-refractivity contribution in [3.63, 3.8) is 0 Å². The zero-order valence-corrected chi connectivity index (χ0v) is 20.6. The normalized spacial score (nSPS) is 12.7. The molecule has 0 radical (unpaired) electrons. The number of hydrogen-bond acceptors (Lipinski definition) is 8. The number of para-hydroxylation sites is 1. The quantitative estimate of drug-likeness (QED) is 0.194. The van der Waals surface area contributed by atoms with E-state index in [2.05, 4.69) is 25.6 Å². The van der Waals surface area contributed by atoms with Crippen LogP contribution in [0.25, 0.3) is 0 Å². The van der Waals surface area contributed by atoms with Crippen molar-refractivity contribution < 1.29 is 18.6 Å². The van der Waals surface area contributed by atoms with Crippen LogP contribution >= 0.6 is 0 Å². The number of nitrogens with zero attached hydrogens (tertiary/aromatic N) is 3. The van der Waals surface area contributed by atoms with E-state index in [-0.39, 0.29) is 41.0 Å². The van der Waals surface area contributed by atoms with Gasteiger partial charge in [-0.05, 0) is 43.4 Å². The molecule has 0 unspecified atom stereocenters. The minimum absolute atomic E-state index is 0.0269. The van der Waals surface area contributed by atoms with E-state index in [1.54, 1.807) is 43.6 Å². The van der Waals surface area contributed by atoms with Gasteiger partial charge < -0.3 is 20.5 Å². The highest BCUT2D eigenvalue weighted by Gasteiger charge is 2.27. The molecule has 0 amide bonds. The molecule has 1 aliphatic carbocycles. The third-order valence-corrected chi connectivity index (χ3v) is 6.19. The van der Waals surface area contributed by atoms with Crippen molar-refractivity contribution in [2.75, 3.05) is 17.2 Å². The Morgan fingerprint density at radius 2 is 1.87 bits per heavy atom. The summed E-state index contributed by atoms with van der Waals surface area (Å²) >= 11 is 0. The van der Waals surface area contributed by atoms with Gasteiger partial charge in [0.15, 0.2) is 17.4 Å². The maximum Gasteiger partial charge on any atom is 0.180 e. The highest BCUT2D eigenvalue weighted by Crippen LogP contribution is 2.43. The molecule has 8 nitrogen and oxygen atoms in total. The van der Waals surface area contributed by atoms with Crippen LogP contribution in [-0.4, -0.2) is 32.4 Å². The van der Waals surface area contributed by atoms with E-state index >= 15 is 0 Å². The van der Waals surface area contributed by atoms with Gasteiger partial charge in [0.05, 0.1) is 12.8 Å². The summed E-state index contributed by atoms with van der Waals surface area (Å²) in [6.45, 7) is 1.88. The molecular weight excluding hydrogens is 490 g/mol. The van der Waals surface area contributed by atoms with Crippen molar-refractivity contribution in [2.45, 2.75) is 32.2 Å². The molecule has 194 valence electrons. The van der Waals surface area contributed by atoms with Crippen LogP contribution in [0.5, 0.6) is 11.5 Å². The van der Waals surface area contributed by atoms with E-state index in [0.717, 1.165) is 36.2 Å². The van der Waals surface area contributed by atoms with Crippen molar-refractivity contribution in [3.05, 3.63) is 95.2 Å². The van der Waals surface area contributed by atoms with Crippen molar-refractivity contribution in [1.29, 1.82) is 5.41 Å². The van der Waals surface area contributed by atoms with E-state index in [1.165, 1.54) is 6.20 Å². The third kappa shape index (κ3) is 5.39. The Balaban J connectivity index is 1.38. The van der Waals surface area contributed by atoms with Crippen LogP contribution in [0.3, 0.4) is 0 Å². The summed E-state index contributed by atoms with van der Waals surface area (Å²) in [5.74, 6) is -0.834. The second-order valence-electron chi connectivity index (χ2n) is 8.86. The van der Waals surface area contributed by atoms with Gasteiger partial charge in [-0.3, -0.25) is 10.4 Å². The molecule has 2 aromatic heterocycles. The van der Waals surface area contributed by atoms with Crippen LogP contribution in [0.1, 0.15) is 48.2 Å². The molecule has 0 aliphatic heterocycles. The first-order chi connectivity index (χ1) is 18.4. The van der Waals surface area contributed by atoms with Gasteiger partial charge in [0, 0.05) is 53.6 Å². The van der Waals surface area contributed by atoms with E-state index in [0.29, 0.717) is 23.8 Å². The summed E-state index contributed by atoms with van der Waals surface area (Å²) in [6, 6.07) is 11.0. The van der Waals surface area contributed by atoms with Crippen LogP contribution < -0.4 is 15.4 Å². The SMILES string of the molecule is CCOc1cc(F)c(CNc2ccccc2C(=N)c2ncc(O)c(Nc3ccncc3C3CC3)n2)c(F)c1. The molecule has 2 heterocycles. The Kier molecular flexibility index (Phi) is 7.12. The Morgan fingerprint density at radius 1 is 1.11 bits per heavy atom. The zero-order chi connectivity index (χ0) is 26.6. The van der Waals surface area contributed by atoms with E-state index in [4.69, 9.17) is 10.1 Å². The first-order valence-electron chi connectivity index (χ1n) is 12.2. The molecule has 1 aliphatic rings. The number of hydrogen-bond donors (Lipinski definition) is 4. The van der Waals surface area contributed by atoms with Crippen LogP contribution in [0.15, 0.2) is 61.1 Å². The molecule has 2 aromatic carbocycles. The summed E-state index contributed by atoms with van der Waals surface area (Å²) in [4.78, 5) is 12.7. The summed E-state index contributed by atoms with van der Waals surface area (Å²) < 4.78 is 34.3. The van der Waals surface area contributed by atoms with Crippen molar-refractivity contribution in [2.24, 2.45) is 0 Å². The fraction of sp³-hybridized carbons (Fsp3) is 0.214. The minimum atomic E-state index is -0.729. The smallest absolute Gasteiger partial charge is 0.180 e. The fourth-order valence-corrected chi connectivity index (χ4v) is 4.11. The lowest BCUT2D eigenvalue weighted by Gasteiger charge is -2.15. The number of aromatic hydroxyl groups is 1. The summed E-state index contributed by atoms with van der Waals surface area (Å²) in [5.41, 5.74) is 2.56. The molecule has 0 saturated heterocycles. The predicted molar refractivity (Wildman–Crippen MR) is 140 cm³/mol. The number of aromatic nitrogens is 3. The molecule has 1 fully saturated rings. The van der Waals surface area contributed by atoms with Crippen LogP contribution in [0, 0.1) is 17.0 Å². The van der Waals surface area contributed by atoms with Gasteiger partial charge in [-0.15, -0.1) is 0 Å². The highest BCUT2D eigenvalue weighted by atomic mass is 19.1. The zero-order valence-electron chi connectivity index (χ0n) is 20.6. The third-order valence-electron chi connectivity index (χ3n) is 6.19. The number of pyridine rings is 1. The van der Waals surface area contributed by atoms with Crippen molar-refractivity contribution in [1.82, 2.24) is 15.0 Å². The van der Waals surface area contributed by atoms with E-state index in [1.807, 2.05) is 6.07 Å². The largest absolute Gasteiger partial charge is 0.503 e. The second-order valence-corrected chi connectivity index (χ2v) is 8.86. The lowest BCUT2D eigenvalue weighted by molar-refractivity contribution is 0.335. The predicted octanol–water partition coefficient (Wildman–Crippen LogP) is 5.90. The van der Waals surface area contributed by atoms with Crippen LogP contribution in [-0.2, 0) is 6.54 Å². The molecule has 38 heavy (non-hydrogen) atoms. The molecule has 0 atom stereocenters. The molecule has 4 aromatic rings. The van der Waals surface area contributed by atoms with Gasteiger partial charge in [0.25, 0.3) is 0 Å². The molecule has 10 heteroatoms. The van der Waals surface area contributed by atoms with Gasteiger partial charge in [0.1, 0.15) is 23.1 Å². The molecule has 0 spiro atoms. The fourth-order valence-electron chi connectivity index (χ4n) is 4.11. The molecule has 1 saturated carbocycles. The second kappa shape index (κ2) is 10.8. The van der Waals surface area contributed by atoms with Gasteiger partial charge in [-0.2, -0.15) is 0 Å². The standard InChI is InChI=1S/C28H26F2N6O2/c1-2-38-17-11-21(29)20(22(30)12-17)14-33-23-6-4-3-5-18(23)26(31)28-34-15-25(37)27(36-28)35-24-9-10-32-13-19(24)16-7-8-16/h3-6,9-13,15-16,31,33,37H,2,7-8,14H2,1H3,(H,32,34,35,36). The van der Waals surface area contributed by atoms with Gasteiger partial charge in [-0.25, -0.2) is 18.7 Å². The van der Waals surface area contributed by atoms with E-state index in [9.17, 15) is 13.9 Å². The summed E-state index contributed by atoms with van der Waals surface area (Å²) in [5, 5.41) is 25.3. The van der Waals surface area contributed by atoms with E-state index < -0.39 is 11.6 Å². The Morgan fingerprint density at radius 3 is 2.61 bits per heavy atom. The lowest BCUT2D eigenvalue weighted by atomic mass is 10.1. The molecular formula is C28H26F2N6O2. The average molecular weight is 517 g/mol. The van der Waals surface area contributed by atoms with Gasteiger partial charge in [-0.1, -0.05) is 18.2 Å². The maximum absolute atomic E-state index is 14.5.